The van der Waals surface area contributed by atoms with Crippen molar-refractivity contribution >= 4 is 23.6 Å². The molecule has 1 fully saturated rings. The van der Waals surface area contributed by atoms with Gasteiger partial charge in [0.1, 0.15) is 17.2 Å². The number of methoxy groups -OCH3 is 1. The van der Waals surface area contributed by atoms with Crippen molar-refractivity contribution in [3.63, 3.8) is 0 Å². The van der Waals surface area contributed by atoms with Crippen LogP contribution in [0.4, 0.5) is 0 Å². The minimum Gasteiger partial charge on any atom is -0.497 e. The van der Waals surface area contributed by atoms with Crippen LogP contribution in [-0.2, 0) is 11.3 Å². The maximum absolute atomic E-state index is 12.7. The van der Waals surface area contributed by atoms with E-state index in [0.29, 0.717) is 17.9 Å². The van der Waals surface area contributed by atoms with Gasteiger partial charge < -0.3 is 15.0 Å². The number of benzene rings is 2. The molecular weight excluding hydrogens is 336 g/mol. The van der Waals surface area contributed by atoms with Crippen molar-refractivity contribution in [3.05, 3.63) is 65.2 Å². The molecule has 2 atom stereocenters. The molecule has 6 heteroatoms. The monoisotopic (exact) mass is 354 g/mol. The van der Waals surface area contributed by atoms with Crippen LogP contribution in [0.15, 0.2) is 48.5 Å². The third-order valence-electron chi connectivity index (χ3n) is 4.60. The number of amides is 2. The second-order valence-corrected chi connectivity index (χ2v) is 7.18. The lowest BCUT2D eigenvalue weighted by Crippen LogP contribution is -2.45. The van der Waals surface area contributed by atoms with Gasteiger partial charge in [-0.1, -0.05) is 30.3 Å². The minimum absolute atomic E-state index is 0.0451. The van der Waals surface area contributed by atoms with Crippen LogP contribution in [0.1, 0.15) is 26.9 Å². The van der Waals surface area contributed by atoms with Crippen molar-refractivity contribution < 1.29 is 14.3 Å². The molecule has 1 saturated heterocycles. The van der Waals surface area contributed by atoms with E-state index in [1.54, 1.807) is 23.8 Å². The van der Waals surface area contributed by atoms with Crippen molar-refractivity contribution in [1.82, 2.24) is 10.2 Å². The average molecular weight is 354 g/mol. The highest BCUT2D eigenvalue weighted by Crippen LogP contribution is 2.48. The van der Waals surface area contributed by atoms with E-state index >= 15 is 0 Å². The van der Waals surface area contributed by atoms with Crippen molar-refractivity contribution in [1.29, 1.82) is 0 Å². The number of fused-ring (bicyclic) bond motifs is 3. The standard InChI is InChI=1S/C19H18N2O3S/c1-24-13-6-4-5-12(9-13)10-20-17(22)16-11-25-19-15-8-3-2-7-14(15)18(23)21(16)19/h2-9,16,19H,10-11H2,1H3,(H,20,22). The Labute approximate surface area is 150 Å². The van der Waals surface area contributed by atoms with Crippen LogP contribution in [0.5, 0.6) is 5.75 Å². The Morgan fingerprint density at radius 2 is 2.12 bits per heavy atom. The van der Waals surface area contributed by atoms with Gasteiger partial charge in [-0.15, -0.1) is 11.8 Å². The van der Waals surface area contributed by atoms with E-state index in [1.165, 1.54) is 0 Å². The maximum Gasteiger partial charge on any atom is 0.256 e. The molecule has 0 aromatic heterocycles. The van der Waals surface area contributed by atoms with E-state index in [9.17, 15) is 9.59 Å². The van der Waals surface area contributed by atoms with E-state index in [2.05, 4.69) is 5.32 Å². The summed E-state index contributed by atoms with van der Waals surface area (Å²) in [6, 6.07) is 14.8. The highest BCUT2D eigenvalue weighted by molar-refractivity contribution is 7.99. The Hall–Kier alpha value is -2.47. The molecule has 2 heterocycles. The van der Waals surface area contributed by atoms with Crippen molar-refractivity contribution in [2.24, 2.45) is 0 Å². The average Bonchev–Trinajstić information content (AvgIpc) is 3.21. The van der Waals surface area contributed by atoms with Gasteiger partial charge in [0.15, 0.2) is 0 Å². The number of ether oxygens (including phenoxy) is 1. The van der Waals surface area contributed by atoms with Crippen molar-refractivity contribution in [2.75, 3.05) is 12.9 Å². The van der Waals surface area contributed by atoms with Gasteiger partial charge in [-0.3, -0.25) is 9.59 Å². The lowest BCUT2D eigenvalue weighted by atomic mass is 10.1. The summed E-state index contributed by atoms with van der Waals surface area (Å²) in [5.41, 5.74) is 2.69. The molecule has 4 rings (SSSR count). The Morgan fingerprint density at radius 1 is 1.28 bits per heavy atom. The third kappa shape index (κ3) is 2.76. The molecule has 2 unspecified atom stereocenters. The molecular formula is C19H18N2O3S. The zero-order valence-electron chi connectivity index (χ0n) is 13.8. The number of nitrogens with one attached hydrogen (secondary N) is 1. The first-order valence-electron chi connectivity index (χ1n) is 8.13. The van der Waals surface area contributed by atoms with Gasteiger partial charge in [0.05, 0.1) is 7.11 Å². The zero-order valence-corrected chi connectivity index (χ0v) is 14.6. The molecule has 0 spiro atoms. The fourth-order valence-corrected chi connectivity index (χ4v) is 4.80. The second kappa shape index (κ2) is 6.44. The largest absolute Gasteiger partial charge is 0.497 e. The zero-order chi connectivity index (χ0) is 17.4. The SMILES string of the molecule is COc1cccc(CNC(=O)C2CSC3c4ccccc4C(=O)N23)c1. The molecule has 2 aromatic rings. The van der Waals surface area contributed by atoms with Gasteiger partial charge in [-0.2, -0.15) is 0 Å². The number of carbonyl (C=O) groups is 2. The summed E-state index contributed by atoms with van der Waals surface area (Å²) in [5.74, 6) is 1.22. The summed E-state index contributed by atoms with van der Waals surface area (Å²) in [6.07, 6.45) is 0. The lowest BCUT2D eigenvalue weighted by Gasteiger charge is -2.22. The Bertz CT molecular complexity index is 839. The van der Waals surface area contributed by atoms with E-state index in [-0.39, 0.29) is 17.2 Å². The molecule has 0 bridgehead atoms. The molecule has 0 radical (unpaired) electrons. The van der Waals surface area contributed by atoms with Gasteiger partial charge in [-0.25, -0.2) is 0 Å². The Morgan fingerprint density at radius 3 is 2.96 bits per heavy atom. The van der Waals surface area contributed by atoms with Gasteiger partial charge in [0, 0.05) is 17.9 Å². The number of carbonyl (C=O) groups excluding carboxylic acids is 2. The first-order valence-corrected chi connectivity index (χ1v) is 9.18. The second-order valence-electron chi connectivity index (χ2n) is 6.07. The van der Waals surface area contributed by atoms with Crippen LogP contribution in [0.3, 0.4) is 0 Å². The number of hydrogen-bond acceptors (Lipinski definition) is 4. The molecule has 25 heavy (non-hydrogen) atoms. The predicted octanol–water partition coefficient (Wildman–Crippen LogP) is 2.58. The molecule has 2 aromatic carbocycles. The summed E-state index contributed by atoms with van der Waals surface area (Å²) < 4.78 is 5.20. The minimum atomic E-state index is -0.430. The number of rotatable bonds is 4. The number of hydrogen-bond donors (Lipinski definition) is 1. The quantitative estimate of drug-likeness (QED) is 0.917. The summed E-state index contributed by atoms with van der Waals surface area (Å²) in [5, 5.41) is 2.91. The summed E-state index contributed by atoms with van der Waals surface area (Å²) in [7, 11) is 1.62. The van der Waals surface area contributed by atoms with E-state index in [0.717, 1.165) is 16.9 Å². The Kier molecular flexibility index (Phi) is 4.13. The first kappa shape index (κ1) is 16.0. The fourth-order valence-electron chi connectivity index (χ4n) is 3.33. The molecule has 128 valence electrons. The lowest BCUT2D eigenvalue weighted by molar-refractivity contribution is -0.124. The fraction of sp³-hybridized carbons (Fsp3) is 0.263. The highest BCUT2D eigenvalue weighted by atomic mass is 32.2. The third-order valence-corrected chi connectivity index (χ3v) is 5.90. The van der Waals surface area contributed by atoms with Crippen molar-refractivity contribution in [2.45, 2.75) is 18.0 Å². The van der Waals surface area contributed by atoms with E-state index < -0.39 is 6.04 Å². The van der Waals surface area contributed by atoms with Crippen LogP contribution in [0.2, 0.25) is 0 Å². The number of thioether (sulfide) groups is 1. The molecule has 2 amide bonds. The molecule has 1 N–H and O–H groups in total. The maximum atomic E-state index is 12.7. The predicted molar refractivity (Wildman–Crippen MR) is 96.4 cm³/mol. The van der Waals surface area contributed by atoms with Gasteiger partial charge in [-0.05, 0) is 29.3 Å². The van der Waals surface area contributed by atoms with Crippen LogP contribution in [0, 0.1) is 0 Å². The van der Waals surface area contributed by atoms with Crippen LogP contribution in [0.25, 0.3) is 0 Å². The summed E-state index contributed by atoms with van der Waals surface area (Å²) >= 11 is 1.65. The molecule has 0 saturated carbocycles. The van der Waals surface area contributed by atoms with Crippen LogP contribution in [-0.4, -0.2) is 35.6 Å². The van der Waals surface area contributed by atoms with Crippen molar-refractivity contribution in [3.8, 4) is 5.75 Å². The van der Waals surface area contributed by atoms with E-state index in [1.807, 2.05) is 48.5 Å². The smallest absolute Gasteiger partial charge is 0.256 e. The number of nitrogens with zero attached hydrogens (tertiary/aromatic N) is 1. The summed E-state index contributed by atoms with van der Waals surface area (Å²) in [4.78, 5) is 27.0. The van der Waals surface area contributed by atoms with Gasteiger partial charge in [0.25, 0.3) is 5.91 Å². The normalized spacial score (nSPS) is 21.0. The Balaban J connectivity index is 1.46. The van der Waals surface area contributed by atoms with Gasteiger partial charge in [0.2, 0.25) is 5.91 Å². The highest BCUT2D eigenvalue weighted by Gasteiger charge is 2.48. The summed E-state index contributed by atoms with van der Waals surface area (Å²) in [6.45, 7) is 0.414. The molecule has 5 nitrogen and oxygen atoms in total. The molecule has 2 aliphatic heterocycles. The van der Waals surface area contributed by atoms with Crippen LogP contribution >= 0.6 is 11.8 Å². The first-order chi connectivity index (χ1) is 12.2. The molecule has 0 aliphatic carbocycles. The topological polar surface area (TPSA) is 58.6 Å². The molecule has 2 aliphatic rings. The van der Waals surface area contributed by atoms with Gasteiger partial charge >= 0.3 is 0 Å². The van der Waals surface area contributed by atoms with E-state index in [4.69, 9.17) is 4.74 Å². The van der Waals surface area contributed by atoms with Crippen LogP contribution < -0.4 is 10.1 Å².